The molecule has 0 aliphatic carbocycles. The summed E-state index contributed by atoms with van der Waals surface area (Å²) in [5.74, 6) is -0.0722. The van der Waals surface area contributed by atoms with Gasteiger partial charge in [0.25, 0.3) is 5.91 Å². The molecule has 0 aliphatic rings. The lowest BCUT2D eigenvalue weighted by molar-refractivity contribution is 0.0754. The Balaban J connectivity index is 2.82. The van der Waals surface area contributed by atoms with Crippen LogP contribution in [0, 0.1) is 5.92 Å². The van der Waals surface area contributed by atoms with E-state index in [0.717, 1.165) is 0 Å². The number of benzene rings is 1. The molecular weight excluding hydrogens is 248 g/mol. The molecule has 4 nitrogen and oxygen atoms in total. The highest BCUT2D eigenvalue weighted by atomic mass is 32.1. The Hall–Kier alpha value is -1.62. The fourth-order valence-corrected chi connectivity index (χ4v) is 1.67. The van der Waals surface area contributed by atoms with E-state index in [9.17, 15) is 9.90 Å². The van der Waals surface area contributed by atoms with Crippen molar-refractivity contribution in [3.8, 4) is 5.75 Å². The number of hydrogen-bond donors (Lipinski definition) is 2. The quantitative estimate of drug-likeness (QED) is 0.797. The number of carbonyl (C=O) groups is 1. The van der Waals surface area contributed by atoms with E-state index >= 15 is 0 Å². The molecule has 0 aliphatic heterocycles. The van der Waals surface area contributed by atoms with Crippen LogP contribution in [0.1, 0.15) is 24.2 Å². The van der Waals surface area contributed by atoms with Gasteiger partial charge in [0.1, 0.15) is 5.75 Å². The first-order chi connectivity index (χ1) is 8.45. The minimum Gasteiger partial charge on any atom is -0.508 e. The van der Waals surface area contributed by atoms with Crippen LogP contribution >= 0.6 is 12.2 Å². The molecule has 1 aromatic carbocycles. The van der Waals surface area contributed by atoms with E-state index in [1.165, 1.54) is 12.1 Å². The van der Waals surface area contributed by atoms with Crippen molar-refractivity contribution in [3.63, 3.8) is 0 Å². The maximum atomic E-state index is 12.2. The normalized spacial score (nSPS) is 11.9. The molecule has 0 saturated carbocycles. The topological polar surface area (TPSA) is 66.6 Å². The van der Waals surface area contributed by atoms with Gasteiger partial charge in [-0.1, -0.05) is 25.2 Å². The number of rotatable bonds is 5. The zero-order valence-corrected chi connectivity index (χ0v) is 11.4. The van der Waals surface area contributed by atoms with Gasteiger partial charge in [-0.2, -0.15) is 0 Å². The zero-order chi connectivity index (χ0) is 13.7. The van der Waals surface area contributed by atoms with Gasteiger partial charge in [-0.05, 0) is 25.1 Å². The number of carbonyl (C=O) groups excluding carboxylic acids is 1. The monoisotopic (exact) mass is 266 g/mol. The second-order valence-corrected chi connectivity index (χ2v) is 4.67. The Labute approximate surface area is 112 Å². The van der Waals surface area contributed by atoms with Gasteiger partial charge in [0.05, 0.1) is 4.99 Å². The molecule has 1 unspecified atom stereocenters. The van der Waals surface area contributed by atoms with E-state index in [1.54, 1.807) is 17.0 Å². The zero-order valence-electron chi connectivity index (χ0n) is 10.6. The molecule has 18 heavy (non-hydrogen) atoms. The molecule has 3 N–H and O–H groups in total. The van der Waals surface area contributed by atoms with Crippen LogP contribution in [-0.4, -0.2) is 34.0 Å². The average Bonchev–Trinajstić information content (AvgIpc) is 2.34. The van der Waals surface area contributed by atoms with Gasteiger partial charge in [0.15, 0.2) is 0 Å². The average molecular weight is 266 g/mol. The molecule has 0 aromatic heterocycles. The van der Waals surface area contributed by atoms with E-state index in [-0.39, 0.29) is 17.6 Å². The van der Waals surface area contributed by atoms with Crippen molar-refractivity contribution in [2.24, 2.45) is 11.7 Å². The highest BCUT2D eigenvalue weighted by molar-refractivity contribution is 7.80. The summed E-state index contributed by atoms with van der Waals surface area (Å²) in [5.41, 5.74) is 6.02. The van der Waals surface area contributed by atoms with Crippen LogP contribution in [-0.2, 0) is 0 Å². The van der Waals surface area contributed by atoms with Crippen LogP contribution in [0.4, 0.5) is 0 Å². The molecular formula is C13H18N2O2S. The molecule has 5 heteroatoms. The Kier molecular flexibility index (Phi) is 5.09. The van der Waals surface area contributed by atoms with E-state index in [4.69, 9.17) is 18.0 Å². The van der Waals surface area contributed by atoms with Crippen molar-refractivity contribution in [1.82, 2.24) is 4.90 Å². The SMILES string of the molecule is CCN(CC(C)C(N)=S)C(=O)c1cccc(O)c1. The maximum absolute atomic E-state index is 12.2. The molecule has 0 radical (unpaired) electrons. The summed E-state index contributed by atoms with van der Waals surface area (Å²) < 4.78 is 0. The number of thiocarbonyl (C=S) groups is 1. The van der Waals surface area contributed by atoms with Crippen LogP contribution in [0.2, 0.25) is 0 Å². The molecule has 1 rings (SSSR count). The number of phenols is 1. The van der Waals surface area contributed by atoms with Gasteiger partial charge in [-0.3, -0.25) is 4.79 Å². The highest BCUT2D eigenvalue weighted by Gasteiger charge is 2.18. The van der Waals surface area contributed by atoms with Crippen molar-refractivity contribution < 1.29 is 9.90 Å². The summed E-state index contributed by atoms with van der Waals surface area (Å²) in [4.78, 5) is 14.3. The van der Waals surface area contributed by atoms with Gasteiger partial charge >= 0.3 is 0 Å². The third-order valence-corrected chi connectivity index (χ3v) is 3.14. The molecule has 0 bridgehead atoms. The summed E-state index contributed by atoms with van der Waals surface area (Å²) >= 11 is 4.91. The van der Waals surface area contributed by atoms with Crippen molar-refractivity contribution >= 4 is 23.1 Å². The molecule has 98 valence electrons. The van der Waals surface area contributed by atoms with E-state index in [2.05, 4.69) is 0 Å². The minimum atomic E-state index is -0.128. The lowest BCUT2D eigenvalue weighted by atomic mass is 10.1. The lowest BCUT2D eigenvalue weighted by Gasteiger charge is -2.24. The van der Waals surface area contributed by atoms with Gasteiger partial charge < -0.3 is 15.7 Å². The molecule has 1 amide bonds. The molecule has 0 spiro atoms. The standard InChI is InChI=1S/C13H18N2O2S/c1-3-15(8-9(2)12(14)18)13(17)10-5-4-6-11(16)7-10/h4-7,9,16H,3,8H2,1-2H3,(H2,14,18). The Morgan fingerprint density at radius 1 is 1.56 bits per heavy atom. The van der Waals surface area contributed by atoms with Crippen molar-refractivity contribution in [1.29, 1.82) is 0 Å². The number of nitrogens with zero attached hydrogens (tertiary/aromatic N) is 1. The third-order valence-electron chi connectivity index (χ3n) is 2.74. The predicted octanol–water partition coefficient (Wildman–Crippen LogP) is 1.78. The molecule has 0 heterocycles. The van der Waals surface area contributed by atoms with Crippen molar-refractivity contribution in [2.75, 3.05) is 13.1 Å². The largest absolute Gasteiger partial charge is 0.508 e. The van der Waals surface area contributed by atoms with Crippen molar-refractivity contribution in [2.45, 2.75) is 13.8 Å². The first-order valence-corrected chi connectivity index (χ1v) is 6.24. The van der Waals surface area contributed by atoms with Crippen LogP contribution in [0.15, 0.2) is 24.3 Å². The number of nitrogens with two attached hydrogens (primary N) is 1. The van der Waals surface area contributed by atoms with Gasteiger partial charge in [0, 0.05) is 24.6 Å². The number of phenolic OH excluding ortho intramolecular Hbond substituents is 1. The summed E-state index contributed by atoms with van der Waals surface area (Å²) in [6, 6.07) is 6.31. The smallest absolute Gasteiger partial charge is 0.253 e. The molecule has 0 fully saturated rings. The molecule has 1 aromatic rings. The second-order valence-electron chi connectivity index (χ2n) is 4.20. The number of amides is 1. The predicted molar refractivity (Wildman–Crippen MR) is 75.6 cm³/mol. The summed E-state index contributed by atoms with van der Waals surface area (Å²) in [7, 11) is 0. The Morgan fingerprint density at radius 3 is 2.72 bits per heavy atom. The number of hydrogen-bond acceptors (Lipinski definition) is 3. The van der Waals surface area contributed by atoms with Gasteiger partial charge in [0.2, 0.25) is 0 Å². The fourth-order valence-electron chi connectivity index (χ4n) is 1.60. The van der Waals surface area contributed by atoms with Gasteiger partial charge in [-0.15, -0.1) is 0 Å². The minimum absolute atomic E-state index is 0.0267. The van der Waals surface area contributed by atoms with E-state index in [1.807, 2.05) is 13.8 Å². The van der Waals surface area contributed by atoms with Gasteiger partial charge in [-0.25, -0.2) is 0 Å². The van der Waals surface area contributed by atoms with Crippen LogP contribution < -0.4 is 5.73 Å². The first-order valence-electron chi connectivity index (χ1n) is 5.83. The molecule has 1 atom stereocenters. The van der Waals surface area contributed by atoms with Crippen LogP contribution in [0.3, 0.4) is 0 Å². The summed E-state index contributed by atoms with van der Waals surface area (Å²) in [5, 5.41) is 9.38. The number of aromatic hydroxyl groups is 1. The highest BCUT2D eigenvalue weighted by Crippen LogP contribution is 2.14. The Morgan fingerprint density at radius 2 is 2.22 bits per heavy atom. The summed E-state index contributed by atoms with van der Waals surface area (Å²) in [6.07, 6.45) is 0. The second kappa shape index (κ2) is 6.35. The summed E-state index contributed by atoms with van der Waals surface area (Å²) in [6.45, 7) is 4.84. The van der Waals surface area contributed by atoms with Crippen LogP contribution in [0.5, 0.6) is 5.75 Å². The van der Waals surface area contributed by atoms with E-state index < -0.39 is 0 Å². The van der Waals surface area contributed by atoms with E-state index in [0.29, 0.717) is 23.6 Å². The lowest BCUT2D eigenvalue weighted by Crippen LogP contribution is -2.38. The van der Waals surface area contributed by atoms with Crippen LogP contribution in [0.25, 0.3) is 0 Å². The fraction of sp³-hybridized carbons (Fsp3) is 0.385. The molecule has 0 saturated heterocycles. The first kappa shape index (κ1) is 14.4. The maximum Gasteiger partial charge on any atom is 0.253 e. The van der Waals surface area contributed by atoms with Crippen molar-refractivity contribution in [3.05, 3.63) is 29.8 Å². The Bertz CT molecular complexity index is 448. The third kappa shape index (κ3) is 3.70.